The highest BCUT2D eigenvalue weighted by Gasteiger charge is 2.48. The van der Waals surface area contributed by atoms with Gasteiger partial charge < -0.3 is 25.4 Å². The van der Waals surface area contributed by atoms with Crippen LogP contribution in [0.3, 0.4) is 0 Å². The van der Waals surface area contributed by atoms with Gasteiger partial charge in [0.1, 0.15) is 6.10 Å². The van der Waals surface area contributed by atoms with Gasteiger partial charge in [0.15, 0.2) is 18.3 Å². The molecule has 0 aromatic carbocycles. The van der Waals surface area contributed by atoms with E-state index in [1.54, 1.807) is 6.08 Å². The number of nitrogens with one attached hydrogen (secondary N) is 1. The lowest BCUT2D eigenvalue weighted by atomic mass is 10.1. The summed E-state index contributed by atoms with van der Waals surface area (Å²) in [6, 6.07) is 0. The zero-order valence-corrected chi connectivity index (χ0v) is 14.2. The molecule has 1 fully saturated rings. The molecule has 0 aromatic rings. The molecule has 0 aromatic heterocycles. The Bertz CT molecular complexity index is 425. The Morgan fingerprint density at radius 2 is 1.83 bits per heavy atom. The number of esters is 1. The van der Waals surface area contributed by atoms with Crippen molar-refractivity contribution in [3.05, 3.63) is 12.3 Å². The van der Waals surface area contributed by atoms with Crippen molar-refractivity contribution in [2.24, 2.45) is 0 Å². The second-order valence-electron chi connectivity index (χ2n) is 6.10. The van der Waals surface area contributed by atoms with Crippen LogP contribution in [0, 0.1) is 0 Å². The second-order valence-corrected chi connectivity index (χ2v) is 6.10. The van der Waals surface area contributed by atoms with Gasteiger partial charge in [-0.2, -0.15) is 0 Å². The van der Waals surface area contributed by atoms with Crippen molar-refractivity contribution in [2.75, 3.05) is 0 Å². The lowest BCUT2D eigenvalue weighted by Crippen LogP contribution is -2.46. The molecule has 0 unspecified atom stereocenters. The highest BCUT2D eigenvalue weighted by molar-refractivity contribution is 5.84. The van der Waals surface area contributed by atoms with Crippen LogP contribution in [0.4, 0.5) is 0 Å². The Morgan fingerprint density at radius 1 is 1.21 bits per heavy atom. The van der Waals surface area contributed by atoms with E-state index in [9.17, 15) is 24.9 Å². The van der Waals surface area contributed by atoms with Gasteiger partial charge in [-0.15, -0.1) is 0 Å². The summed E-state index contributed by atoms with van der Waals surface area (Å²) in [5.41, 5.74) is 0. The third kappa shape index (κ3) is 6.59. The molecule has 4 atom stereocenters. The van der Waals surface area contributed by atoms with Crippen LogP contribution in [-0.2, 0) is 14.3 Å². The lowest BCUT2D eigenvalue weighted by molar-refractivity contribution is -0.153. The number of allylic oxidation sites excluding steroid dienone is 1. The molecule has 0 spiro atoms. The molecular weight excluding hydrogens is 314 g/mol. The van der Waals surface area contributed by atoms with Gasteiger partial charge in [0.05, 0.1) is 0 Å². The van der Waals surface area contributed by atoms with Crippen LogP contribution in [0.15, 0.2) is 12.3 Å². The van der Waals surface area contributed by atoms with Crippen LogP contribution < -0.4 is 5.32 Å². The molecule has 7 heteroatoms. The van der Waals surface area contributed by atoms with Gasteiger partial charge in [-0.3, -0.25) is 4.79 Å². The van der Waals surface area contributed by atoms with E-state index in [-0.39, 0.29) is 0 Å². The fourth-order valence-electron chi connectivity index (χ4n) is 2.52. The van der Waals surface area contributed by atoms with E-state index in [1.807, 2.05) is 0 Å². The SMILES string of the molecule is CCCCCCCCCC=CNC(=O)[C@H](O)[C@H]1OC(=O)[C@@H](O)[C@H]1O. The maximum Gasteiger partial charge on any atom is 0.338 e. The van der Waals surface area contributed by atoms with Crippen molar-refractivity contribution < 1.29 is 29.6 Å². The smallest absolute Gasteiger partial charge is 0.338 e. The molecule has 7 nitrogen and oxygen atoms in total. The van der Waals surface area contributed by atoms with Gasteiger partial charge in [0, 0.05) is 0 Å². The number of carbonyl (C=O) groups is 2. The summed E-state index contributed by atoms with van der Waals surface area (Å²) in [4.78, 5) is 22.8. The minimum atomic E-state index is -1.73. The highest BCUT2D eigenvalue weighted by Crippen LogP contribution is 2.19. The minimum Gasteiger partial charge on any atom is -0.454 e. The summed E-state index contributed by atoms with van der Waals surface area (Å²) in [6.45, 7) is 2.19. The maximum absolute atomic E-state index is 11.7. The highest BCUT2D eigenvalue weighted by atomic mass is 16.6. The van der Waals surface area contributed by atoms with E-state index in [2.05, 4.69) is 17.0 Å². The minimum absolute atomic E-state index is 0.795. The number of aliphatic hydroxyl groups excluding tert-OH is 3. The Hall–Kier alpha value is -1.44. The van der Waals surface area contributed by atoms with Crippen molar-refractivity contribution in [2.45, 2.75) is 82.7 Å². The van der Waals surface area contributed by atoms with Gasteiger partial charge in [-0.1, -0.05) is 51.5 Å². The summed E-state index contributed by atoms with van der Waals surface area (Å²) in [5, 5.41) is 30.9. The zero-order chi connectivity index (χ0) is 17.9. The van der Waals surface area contributed by atoms with Crippen LogP contribution in [0.5, 0.6) is 0 Å². The molecule has 0 bridgehead atoms. The van der Waals surface area contributed by atoms with Gasteiger partial charge in [0.2, 0.25) is 0 Å². The number of rotatable bonds is 11. The summed E-state index contributed by atoms with van der Waals surface area (Å²) in [7, 11) is 0. The van der Waals surface area contributed by atoms with Crippen LogP contribution in [0.2, 0.25) is 0 Å². The quantitative estimate of drug-likeness (QED) is 0.325. The number of hydrogen-bond donors (Lipinski definition) is 4. The fourth-order valence-corrected chi connectivity index (χ4v) is 2.52. The monoisotopic (exact) mass is 343 g/mol. The molecule has 0 saturated carbocycles. The first-order valence-electron chi connectivity index (χ1n) is 8.69. The Balaban J connectivity index is 2.15. The normalized spacial score (nSPS) is 25.0. The van der Waals surface area contributed by atoms with E-state index in [1.165, 1.54) is 38.3 Å². The molecule has 1 aliphatic rings. The van der Waals surface area contributed by atoms with Crippen LogP contribution >= 0.6 is 0 Å². The first-order chi connectivity index (χ1) is 11.5. The van der Waals surface area contributed by atoms with Gasteiger partial charge >= 0.3 is 5.97 Å². The molecule has 1 heterocycles. The molecular formula is C17H29NO6. The predicted molar refractivity (Wildman–Crippen MR) is 87.8 cm³/mol. The Morgan fingerprint density at radius 3 is 2.42 bits per heavy atom. The molecule has 138 valence electrons. The molecule has 1 saturated heterocycles. The summed E-state index contributed by atoms with van der Waals surface area (Å²) in [5.74, 6) is -1.84. The molecule has 1 aliphatic heterocycles. The molecule has 0 radical (unpaired) electrons. The number of unbranched alkanes of at least 4 members (excludes halogenated alkanes) is 7. The average molecular weight is 343 g/mol. The summed E-state index contributed by atoms with van der Waals surface area (Å²) in [6.07, 6.45) is 5.98. The van der Waals surface area contributed by atoms with E-state index >= 15 is 0 Å². The van der Waals surface area contributed by atoms with Crippen LogP contribution in [0.1, 0.15) is 58.3 Å². The fraction of sp³-hybridized carbons (Fsp3) is 0.765. The predicted octanol–water partition coefficient (Wildman–Crippen LogP) is 0.765. The summed E-state index contributed by atoms with van der Waals surface area (Å²) < 4.78 is 4.59. The van der Waals surface area contributed by atoms with E-state index in [0.717, 1.165) is 19.3 Å². The van der Waals surface area contributed by atoms with Crippen molar-refractivity contribution >= 4 is 11.9 Å². The van der Waals surface area contributed by atoms with Crippen molar-refractivity contribution in [3.8, 4) is 0 Å². The second kappa shape index (κ2) is 11.2. The first kappa shape index (κ1) is 20.6. The number of cyclic esters (lactones) is 1. The Kier molecular flexibility index (Phi) is 9.59. The molecule has 0 aliphatic carbocycles. The Labute approximate surface area is 142 Å². The zero-order valence-electron chi connectivity index (χ0n) is 14.2. The van der Waals surface area contributed by atoms with E-state index in [4.69, 9.17) is 0 Å². The van der Waals surface area contributed by atoms with Gasteiger partial charge in [-0.25, -0.2) is 4.79 Å². The van der Waals surface area contributed by atoms with Gasteiger partial charge in [-0.05, 0) is 19.0 Å². The molecule has 24 heavy (non-hydrogen) atoms. The van der Waals surface area contributed by atoms with Crippen LogP contribution in [0.25, 0.3) is 0 Å². The number of carbonyl (C=O) groups excluding carboxylic acids is 2. The number of aliphatic hydroxyl groups is 3. The number of ether oxygens (including phenoxy) is 1. The van der Waals surface area contributed by atoms with Crippen molar-refractivity contribution in [3.63, 3.8) is 0 Å². The third-order valence-corrected chi connectivity index (χ3v) is 4.05. The van der Waals surface area contributed by atoms with Gasteiger partial charge in [0.25, 0.3) is 5.91 Å². The van der Waals surface area contributed by atoms with Crippen LogP contribution in [-0.4, -0.2) is 51.6 Å². The number of hydrogen-bond acceptors (Lipinski definition) is 6. The average Bonchev–Trinajstić information content (AvgIpc) is 2.83. The van der Waals surface area contributed by atoms with Crippen molar-refractivity contribution in [1.82, 2.24) is 5.32 Å². The third-order valence-electron chi connectivity index (χ3n) is 4.05. The summed E-state index contributed by atoms with van der Waals surface area (Å²) >= 11 is 0. The first-order valence-corrected chi connectivity index (χ1v) is 8.69. The van der Waals surface area contributed by atoms with Crippen molar-refractivity contribution in [1.29, 1.82) is 0 Å². The topological polar surface area (TPSA) is 116 Å². The lowest BCUT2D eigenvalue weighted by Gasteiger charge is -2.18. The van der Waals surface area contributed by atoms with E-state index < -0.39 is 36.3 Å². The largest absolute Gasteiger partial charge is 0.454 e. The standard InChI is InChI=1S/C17H29NO6/c1-2-3-4-5-6-7-8-9-10-11-18-16(22)14(21)15-12(19)13(20)17(23)24-15/h10-15,19-21H,2-9H2,1H3,(H,18,22)/t12-,13+,14-,15+/m1/s1. The molecule has 1 amide bonds. The molecule has 4 N–H and O–H groups in total. The number of amides is 1. The van der Waals surface area contributed by atoms with E-state index in [0.29, 0.717) is 0 Å². The molecule has 1 rings (SSSR count). The maximum atomic E-state index is 11.7.